The number of carbonyl (C=O) groups excluding carboxylic acids is 1. The van der Waals surface area contributed by atoms with E-state index in [9.17, 15) is 4.79 Å². The molecule has 1 aliphatic heterocycles. The first-order valence-corrected chi connectivity index (χ1v) is 5.98. The van der Waals surface area contributed by atoms with Crippen molar-refractivity contribution in [2.45, 2.75) is 26.4 Å². The second-order valence-electron chi connectivity index (χ2n) is 4.60. The number of rotatable bonds is 4. The maximum absolute atomic E-state index is 12.0. The Kier molecular flexibility index (Phi) is 4.68. The summed E-state index contributed by atoms with van der Waals surface area (Å²) < 4.78 is 5.39. The zero-order valence-corrected chi connectivity index (χ0v) is 10.9. The highest BCUT2D eigenvalue weighted by molar-refractivity contribution is 7.80. The van der Waals surface area contributed by atoms with Crippen molar-refractivity contribution in [2.75, 3.05) is 20.2 Å². The Morgan fingerprint density at radius 2 is 2.31 bits per heavy atom. The monoisotopic (exact) mass is 244 g/mol. The van der Waals surface area contributed by atoms with Crippen molar-refractivity contribution >= 4 is 23.1 Å². The first-order chi connectivity index (χ1) is 7.41. The lowest BCUT2D eigenvalue weighted by atomic mass is 10.0. The number of amides is 1. The van der Waals surface area contributed by atoms with E-state index in [1.165, 1.54) is 0 Å². The maximum Gasteiger partial charge on any atom is 0.227 e. The highest BCUT2D eigenvalue weighted by Gasteiger charge is 2.30. The van der Waals surface area contributed by atoms with Crippen molar-refractivity contribution in [3.05, 3.63) is 0 Å². The number of hydrogen-bond donors (Lipinski definition) is 1. The Labute approximate surface area is 102 Å². The summed E-state index contributed by atoms with van der Waals surface area (Å²) in [7, 11) is 1.79. The van der Waals surface area contributed by atoms with Crippen molar-refractivity contribution < 1.29 is 9.53 Å². The van der Waals surface area contributed by atoms with Crippen LogP contribution in [0.1, 0.15) is 20.3 Å². The third-order valence-corrected chi connectivity index (χ3v) is 3.36. The fraction of sp³-hybridized carbons (Fsp3) is 0.818. The molecule has 92 valence electrons. The smallest absolute Gasteiger partial charge is 0.227 e. The molecule has 0 radical (unpaired) electrons. The van der Waals surface area contributed by atoms with Gasteiger partial charge in [0.1, 0.15) is 0 Å². The van der Waals surface area contributed by atoms with Crippen LogP contribution < -0.4 is 5.73 Å². The van der Waals surface area contributed by atoms with E-state index in [0.717, 1.165) is 6.42 Å². The van der Waals surface area contributed by atoms with Crippen LogP contribution in [0.3, 0.4) is 0 Å². The van der Waals surface area contributed by atoms with E-state index in [2.05, 4.69) is 0 Å². The number of nitrogens with two attached hydrogens (primary N) is 1. The van der Waals surface area contributed by atoms with Crippen molar-refractivity contribution in [1.29, 1.82) is 0 Å². The first kappa shape index (κ1) is 13.4. The molecule has 16 heavy (non-hydrogen) atoms. The highest BCUT2D eigenvalue weighted by Crippen LogP contribution is 2.21. The molecule has 4 nitrogen and oxygen atoms in total. The van der Waals surface area contributed by atoms with Gasteiger partial charge in [0.2, 0.25) is 5.91 Å². The number of ether oxygens (including phenoxy) is 1. The molecule has 1 aliphatic rings. The van der Waals surface area contributed by atoms with E-state index in [1.54, 1.807) is 11.9 Å². The third kappa shape index (κ3) is 3.42. The summed E-state index contributed by atoms with van der Waals surface area (Å²) in [6, 6.07) is 0. The van der Waals surface area contributed by atoms with Gasteiger partial charge in [-0.2, -0.15) is 0 Å². The van der Waals surface area contributed by atoms with Crippen LogP contribution in [0.15, 0.2) is 0 Å². The molecule has 1 amide bonds. The molecule has 0 aromatic rings. The lowest BCUT2D eigenvalue weighted by Crippen LogP contribution is -2.39. The van der Waals surface area contributed by atoms with E-state index in [4.69, 9.17) is 22.7 Å². The SMILES string of the molecule is CC1CC(C(=O)N(C)CC(C)C(N)=S)CO1. The molecule has 1 rings (SSSR count). The summed E-state index contributed by atoms with van der Waals surface area (Å²) in [5.74, 6) is 0.190. The zero-order chi connectivity index (χ0) is 12.3. The summed E-state index contributed by atoms with van der Waals surface area (Å²) in [5.41, 5.74) is 5.53. The van der Waals surface area contributed by atoms with Gasteiger partial charge in [0.05, 0.1) is 23.6 Å². The Hall–Kier alpha value is -0.680. The number of nitrogens with zero attached hydrogens (tertiary/aromatic N) is 1. The zero-order valence-electron chi connectivity index (χ0n) is 10.1. The first-order valence-electron chi connectivity index (χ1n) is 5.57. The van der Waals surface area contributed by atoms with Crippen molar-refractivity contribution in [3.63, 3.8) is 0 Å². The number of hydrogen-bond acceptors (Lipinski definition) is 3. The van der Waals surface area contributed by atoms with E-state index >= 15 is 0 Å². The summed E-state index contributed by atoms with van der Waals surface area (Å²) in [6.07, 6.45) is 1.00. The summed E-state index contributed by atoms with van der Waals surface area (Å²) >= 11 is 4.89. The highest BCUT2D eigenvalue weighted by atomic mass is 32.1. The van der Waals surface area contributed by atoms with Crippen molar-refractivity contribution in [3.8, 4) is 0 Å². The fourth-order valence-corrected chi connectivity index (χ4v) is 1.97. The van der Waals surface area contributed by atoms with Gasteiger partial charge in [-0.25, -0.2) is 0 Å². The van der Waals surface area contributed by atoms with Crippen LogP contribution in [-0.4, -0.2) is 42.1 Å². The second kappa shape index (κ2) is 5.59. The van der Waals surface area contributed by atoms with Gasteiger partial charge < -0.3 is 15.4 Å². The van der Waals surface area contributed by atoms with E-state index in [1.807, 2.05) is 13.8 Å². The molecule has 2 N–H and O–H groups in total. The van der Waals surface area contributed by atoms with Crippen molar-refractivity contribution in [2.24, 2.45) is 17.6 Å². The van der Waals surface area contributed by atoms with Gasteiger partial charge in [0, 0.05) is 19.5 Å². The normalized spacial score (nSPS) is 26.4. The molecule has 1 fully saturated rings. The third-order valence-electron chi connectivity index (χ3n) is 2.96. The number of thiocarbonyl (C=S) groups is 1. The van der Waals surface area contributed by atoms with Crippen LogP contribution in [-0.2, 0) is 9.53 Å². The molecule has 0 aromatic carbocycles. The number of carbonyl (C=O) groups is 1. The Morgan fingerprint density at radius 1 is 1.69 bits per heavy atom. The van der Waals surface area contributed by atoms with E-state index in [0.29, 0.717) is 18.1 Å². The van der Waals surface area contributed by atoms with Gasteiger partial charge in [0.15, 0.2) is 0 Å². The Balaban J connectivity index is 2.44. The molecule has 0 aliphatic carbocycles. The van der Waals surface area contributed by atoms with Crippen LogP contribution in [0.5, 0.6) is 0 Å². The standard InChI is InChI=1S/C11H20N2O2S/c1-7(10(12)16)5-13(3)11(14)9-4-8(2)15-6-9/h7-9H,4-6H2,1-3H3,(H2,12,16). The molecule has 0 saturated carbocycles. The van der Waals surface area contributed by atoms with Crippen LogP contribution in [0, 0.1) is 11.8 Å². The quantitative estimate of drug-likeness (QED) is 0.743. The average molecular weight is 244 g/mol. The minimum absolute atomic E-state index is 0.00135. The summed E-state index contributed by atoms with van der Waals surface area (Å²) in [5, 5.41) is 0. The van der Waals surface area contributed by atoms with Crippen LogP contribution in [0.2, 0.25) is 0 Å². The molecule has 3 unspecified atom stereocenters. The molecule has 5 heteroatoms. The van der Waals surface area contributed by atoms with Gasteiger partial charge >= 0.3 is 0 Å². The molecule has 1 heterocycles. The maximum atomic E-state index is 12.0. The van der Waals surface area contributed by atoms with Gasteiger partial charge in [0.25, 0.3) is 0 Å². The minimum Gasteiger partial charge on any atom is -0.393 e. The summed E-state index contributed by atoms with van der Waals surface area (Å²) in [4.78, 5) is 14.2. The fourth-order valence-electron chi connectivity index (χ4n) is 1.89. The predicted molar refractivity (Wildman–Crippen MR) is 67.1 cm³/mol. The Bertz CT molecular complexity index is 283. The molecule has 1 saturated heterocycles. The molecule has 3 atom stereocenters. The average Bonchev–Trinajstić information content (AvgIpc) is 2.63. The van der Waals surface area contributed by atoms with Crippen molar-refractivity contribution in [1.82, 2.24) is 4.90 Å². The predicted octanol–water partition coefficient (Wildman–Crippen LogP) is 0.792. The van der Waals surface area contributed by atoms with Gasteiger partial charge in [-0.05, 0) is 13.3 Å². The lowest BCUT2D eigenvalue weighted by Gasteiger charge is -2.23. The topological polar surface area (TPSA) is 55.6 Å². The lowest BCUT2D eigenvalue weighted by molar-refractivity contribution is -0.134. The summed E-state index contributed by atoms with van der Waals surface area (Å²) in [6.45, 7) is 5.04. The molecular weight excluding hydrogens is 224 g/mol. The van der Waals surface area contributed by atoms with E-state index in [-0.39, 0.29) is 23.8 Å². The minimum atomic E-state index is -0.00135. The second-order valence-corrected chi connectivity index (χ2v) is 5.07. The van der Waals surface area contributed by atoms with E-state index < -0.39 is 0 Å². The Morgan fingerprint density at radius 3 is 2.75 bits per heavy atom. The van der Waals surface area contributed by atoms with Gasteiger partial charge in [-0.3, -0.25) is 4.79 Å². The molecular formula is C11H20N2O2S. The largest absolute Gasteiger partial charge is 0.393 e. The molecule has 0 bridgehead atoms. The molecule has 0 aromatic heterocycles. The van der Waals surface area contributed by atoms with Gasteiger partial charge in [-0.15, -0.1) is 0 Å². The van der Waals surface area contributed by atoms with Crippen LogP contribution in [0.4, 0.5) is 0 Å². The molecule has 0 spiro atoms. The van der Waals surface area contributed by atoms with Gasteiger partial charge in [-0.1, -0.05) is 19.1 Å². The van der Waals surface area contributed by atoms with Crippen LogP contribution >= 0.6 is 12.2 Å². The van der Waals surface area contributed by atoms with Crippen LogP contribution in [0.25, 0.3) is 0 Å².